The number of hydrogen-bond donors (Lipinski definition) is 2. The summed E-state index contributed by atoms with van der Waals surface area (Å²) in [5.74, 6) is 1.91. The van der Waals surface area contributed by atoms with Crippen LogP contribution in [0.3, 0.4) is 0 Å². The molecular formula is C25H28ClN3O3. The zero-order valence-corrected chi connectivity index (χ0v) is 19.1. The van der Waals surface area contributed by atoms with Gasteiger partial charge >= 0.3 is 6.03 Å². The number of nitrogens with one attached hydrogen (secondary N) is 2. The minimum Gasteiger partial charge on any atom is -0.493 e. The number of benzene rings is 3. The Kier molecular flexibility index (Phi) is 7.02. The first-order valence-electron chi connectivity index (χ1n) is 10.8. The van der Waals surface area contributed by atoms with Crippen molar-refractivity contribution in [3.8, 4) is 11.5 Å². The Morgan fingerprint density at radius 3 is 2.50 bits per heavy atom. The summed E-state index contributed by atoms with van der Waals surface area (Å²) >= 11 is 6.14. The predicted molar refractivity (Wildman–Crippen MR) is 130 cm³/mol. The molecule has 3 aromatic rings. The molecule has 1 saturated heterocycles. The van der Waals surface area contributed by atoms with Crippen LogP contribution in [0.5, 0.6) is 11.5 Å². The topological polar surface area (TPSA) is 62.8 Å². The molecule has 1 aliphatic heterocycles. The second-order valence-electron chi connectivity index (χ2n) is 8.15. The Labute approximate surface area is 193 Å². The van der Waals surface area contributed by atoms with Gasteiger partial charge in [-0.2, -0.15) is 0 Å². The van der Waals surface area contributed by atoms with Crippen molar-refractivity contribution in [3.05, 3.63) is 59.6 Å². The van der Waals surface area contributed by atoms with E-state index in [1.165, 1.54) is 0 Å². The number of carbonyl (C=O) groups excluding carboxylic acids is 1. The number of carbonyl (C=O) groups is 1. The second kappa shape index (κ2) is 10.1. The van der Waals surface area contributed by atoms with Gasteiger partial charge in [-0.05, 0) is 74.6 Å². The lowest BCUT2D eigenvalue weighted by atomic mass is 9.98. The maximum Gasteiger partial charge on any atom is 0.323 e. The molecule has 1 heterocycles. The van der Waals surface area contributed by atoms with E-state index in [9.17, 15) is 4.79 Å². The molecule has 0 radical (unpaired) electrons. The van der Waals surface area contributed by atoms with E-state index in [0.29, 0.717) is 34.7 Å². The molecule has 32 heavy (non-hydrogen) atoms. The minimum atomic E-state index is -0.368. The van der Waals surface area contributed by atoms with Crippen LogP contribution in [0.2, 0.25) is 5.02 Å². The number of para-hydroxylation sites is 1. The number of methoxy groups -OCH3 is 1. The molecule has 0 spiro atoms. The van der Waals surface area contributed by atoms with E-state index in [1.807, 2.05) is 42.5 Å². The van der Waals surface area contributed by atoms with Crippen LogP contribution in [0.1, 0.15) is 12.8 Å². The summed E-state index contributed by atoms with van der Waals surface area (Å²) in [6.07, 6.45) is 2.28. The molecule has 2 N–H and O–H groups in total. The monoisotopic (exact) mass is 453 g/mol. The Balaban J connectivity index is 1.51. The van der Waals surface area contributed by atoms with Crippen molar-refractivity contribution >= 4 is 39.8 Å². The van der Waals surface area contributed by atoms with Crippen LogP contribution < -0.4 is 20.1 Å². The van der Waals surface area contributed by atoms with E-state index in [0.717, 1.165) is 42.5 Å². The van der Waals surface area contributed by atoms with Gasteiger partial charge in [0.25, 0.3) is 0 Å². The van der Waals surface area contributed by atoms with Gasteiger partial charge in [0, 0.05) is 5.39 Å². The van der Waals surface area contributed by atoms with E-state index < -0.39 is 0 Å². The highest BCUT2D eigenvalue weighted by Crippen LogP contribution is 2.36. The number of fused-ring (bicyclic) bond motifs is 1. The zero-order chi connectivity index (χ0) is 22.5. The molecule has 6 nitrogen and oxygen atoms in total. The van der Waals surface area contributed by atoms with Gasteiger partial charge in [0.05, 0.1) is 30.1 Å². The summed E-state index contributed by atoms with van der Waals surface area (Å²) in [6.45, 7) is 2.89. The fraction of sp³-hybridized carbons (Fsp3) is 0.320. The minimum absolute atomic E-state index is 0.368. The second-order valence-corrected chi connectivity index (χ2v) is 8.55. The van der Waals surface area contributed by atoms with Crippen LogP contribution >= 0.6 is 11.6 Å². The molecule has 3 aromatic carbocycles. The number of likely N-dealkylation sites (tertiary alicyclic amines) is 1. The van der Waals surface area contributed by atoms with Gasteiger partial charge in [-0.25, -0.2) is 4.79 Å². The molecule has 4 rings (SSSR count). The number of urea groups is 1. The summed E-state index contributed by atoms with van der Waals surface area (Å²) in [6, 6.07) is 16.4. The molecule has 1 fully saturated rings. The third kappa shape index (κ3) is 5.26. The van der Waals surface area contributed by atoms with Crippen molar-refractivity contribution < 1.29 is 14.3 Å². The third-order valence-electron chi connectivity index (χ3n) is 5.85. The standard InChI is InChI=1S/C25H28ClN3O3/c1-29-12-10-17(11-13-29)16-32-24-14-18-6-5-9-21(19(18)15-23(24)31-2)27-25(30)28-22-8-4-3-7-20(22)26/h3-9,14-15,17H,10-13,16H2,1-2H3,(H2,27,28,30). The van der Waals surface area contributed by atoms with E-state index in [-0.39, 0.29) is 6.03 Å². The number of hydrogen-bond acceptors (Lipinski definition) is 4. The van der Waals surface area contributed by atoms with E-state index in [2.05, 4.69) is 22.6 Å². The van der Waals surface area contributed by atoms with Gasteiger partial charge in [-0.15, -0.1) is 0 Å². The first-order chi connectivity index (χ1) is 15.5. The number of ether oxygens (including phenoxy) is 2. The van der Waals surface area contributed by atoms with Crippen LogP contribution in [0.25, 0.3) is 10.8 Å². The normalized spacial score (nSPS) is 14.8. The lowest BCUT2D eigenvalue weighted by Crippen LogP contribution is -2.32. The summed E-state index contributed by atoms with van der Waals surface area (Å²) < 4.78 is 11.8. The van der Waals surface area contributed by atoms with E-state index in [4.69, 9.17) is 21.1 Å². The molecule has 7 heteroatoms. The molecule has 0 atom stereocenters. The number of amides is 2. The Hall–Kier alpha value is -2.96. The highest BCUT2D eigenvalue weighted by atomic mass is 35.5. The largest absolute Gasteiger partial charge is 0.493 e. The quantitative estimate of drug-likeness (QED) is 0.490. The van der Waals surface area contributed by atoms with Gasteiger partial charge < -0.3 is 25.0 Å². The first-order valence-corrected chi connectivity index (χ1v) is 11.2. The summed E-state index contributed by atoms with van der Waals surface area (Å²) in [7, 11) is 3.79. The number of rotatable bonds is 6. The summed E-state index contributed by atoms with van der Waals surface area (Å²) in [4.78, 5) is 14.9. The SMILES string of the molecule is COc1cc2c(NC(=O)Nc3ccccc3Cl)cccc2cc1OCC1CCN(C)CC1. The smallest absolute Gasteiger partial charge is 0.323 e. The van der Waals surface area contributed by atoms with Gasteiger partial charge in [-0.3, -0.25) is 0 Å². The first kappa shape index (κ1) is 22.2. The number of piperidine rings is 1. The van der Waals surface area contributed by atoms with Crippen LogP contribution in [-0.4, -0.2) is 44.8 Å². The summed E-state index contributed by atoms with van der Waals surface area (Å²) in [5.41, 5.74) is 1.22. The average molecular weight is 454 g/mol. The van der Waals surface area contributed by atoms with Crippen molar-refractivity contribution in [2.45, 2.75) is 12.8 Å². The van der Waals surface area contributed by atoms with Crippen molar-refractivity contribution in [2.75, 3.05) is 44.5 Å². The lowest BCUT2D eigenvalue weighted by Gasteiger charge is -2.29. The van der Waals surface area contributed by atoms with Crippen molar-refractivity contribution in [2.24, 2.45) is 5.92 Å². The van der Waals surface area contributed by atoms with Crippen molar-refractivity contribution in [1.82, 2.24) is 4.90 Å². The van der Waals surface area contributed by atoms with Gasteiger partial charge in [-0.1, -0.05) is 35.9 Å². The lowest BCUT2D eigenvalue weighted by molar-refractivity contribution is 0.157. The maximum atomic E-state index is 12.6. The average Bonchev–Trinajstić information content (AvgIpc) is 2.80. The van der Waals surface area contributed by atoms with Gasteiger partial charge in [0.15, 0.2) is 11.5 Å². The van der Waals surface area contributed by atoms with E-state index >= 15 is 0 Å². The molecule has 2 amide bonds. The highest BCUT2D eigenvalue weighted by Gasteiger charge is 2.18. The van der Waals surface area contributed by atoms with Crippen LogP contribution in [-0.2, 0) is 0 Å². The molecular weight excluding hydrogens is 426 g/mol. The number of halogens is 1. The highest BCUT2D eigenvalue weighted by molar-refractivity contribution is 6.33. The molecule has 0 saturated carbocycles. The van der Waals surface area contributed by atoms with Gasteiger partial charge in [0.1, 0.15) is 0 Å². The molecule has 0 bridgehead atoms. The molecule has 0 aliphatic carbocycles. The maximum absolute atomic E-state index is 12.6. The van der Waals surface area contributed by atoms with Crippen LogP contribution in [0.15, 0.2) is 54.6 Å². The molecule has 0 aromatic heterocycles. The number of anilines is 2. The summed E-state index contributed by atoms with van der Waals surface area (Å²) in [5, 5.41) is 8.00. The fourth-order valence-corrected chi connectivity index (χ4v) is 4.12. The molecule has 1 aliphatic rings. The van der Waals surface area contributed by atoms with Crippen molar-refractivity contribution in [3.63, 3.8) is 0 Å². The zero-order valence-electron chi connectivity index (χ0n) is 18.4. The Morgan fingerprint density at radius 1 is 1.03 bits per heavy atom. The third-order valence-corrected chi connectivity index (χ3v) is 6.18. The number of nitrogens with zero attached hydrogens (tertiary/aromatic N) is 1. The van der Waals surface area contributed by atoms with E-state index in [1.54, 1.807) is 19.2 Å². The molecule has 0 unspecified atom stereocenters. The van der Waals surface area contributed by atoms with Crippen LogP contribution in [0.4, 0.5) is 16.2 Å². The predicted octanol–water partition coefficient (Wildman–Crippen LogP) is 5.87. The fourth-order valence-electron chi connectivity index (χ4n) is 3.94. The Bertz CT molecular complexity index is 1100. The van der Waals surface area contributed by atoms with Crippen molar-refractivity contribution in [1.29, 1.82) is 0 Å². The van der Waals surface area contributed by atoms with Gasteiger partial charge in [0.2, 0.25) is 0 Å². The van der Waals surface area contributed by atoms with Crippen LogP contribution in [0, 0.1) is 5.92 Å². The molecule has 168 valence electrons. The Morgan fingerprint density at radius 2 is 1.75 bits per heavy atom.